The number of nitriles is 1. The van der Waals surface area contributed by atoms with E-state index in [1.165, 1.54) is 12.7 Å². The Morgan fingerprint density at radius 3 is 2.48 bits per heavy atom. The van der Waals surface area contributed by atoms with Crippen molar-refractivity contribution in [3.8, 4) is 6.07 Å². The molecule has 31 heavy (non-hydrogen) atoms. The molecular formula is C24H27N3O4. The highest BCUT2D eigenvalue weighted by atomic mass is 16.6. The van der Waals surface area contributed by atoms with E-state index in [0.717, 1.165) is 18.4 Å². The molecule has 0 aliphatic carbocycles. The summed E-state index contributed by atoms with van der Waals surface area (Å²) in [6.07, 6.45) is 1.17. The Labute approximate surface area is 182 Å². The van der Waals surface area contributed by atoms with Crippen LogP contribution in [0.15, 0.2) is 42.5 Å². The van der Waals surface area contributed by atoms with Crippen molar-refractivity contribution in [1.29, 1.82) is 5.26 Å². The van der Waals surface area contributed by atoms with Crippen molar-refractivity contribution in [1.82, 2.24) is 4.90 Å². The molecule has 0 radical (unpaired) electrons. The number of carbonyl (C=O) groups is 2. The van der Waals surface area contributed by atoms with E-state index in [1.807, 2.05) is 42.2 Å². The number of nitrogens with zero attached hydrogens (tertiary/aromatic N) is 2. The van der Waals surface area contributed by atoms with E-state index in [9.17, 15) is 9.59 Å². The minimum absolute atomic E-state index is 0.0471. The van der Waals surface area contributed by atoms with Crippen molar-refractivity contribution in [3.05, 3.63) is 64.7 Å². The number of hydrogen-bond acceptors (Lipinski definition) is 5. The average molecular weight is 421 g/mol. The van der Waals surface area contributed by atoms with Gasteiger partial charge in [0.15, 0.2) is 0 Å². The van der Waals surface area contributed by atoms with E-state index in [2.05, 4.69) is 11.4 Å². The highest BCUT2D eigenvalue weighted by Crippen LogP contribution is 2.29. The quantitative estimate of drug-likeness (QED) is 0.710. The van der Waals surface area contributed by atoms with Gasteiger partial charge < -0.3 is 14.4 Å². The number of ether oxygens (including phenoxy) is 2. The van der Waals surface area contributed by atoms with E-state index in [4.69, 9.17) is 14.7 Å². The Morgan fingerprint density at radius 1 is 1.13 bits per heavy atom. The van der Waals surface area contributed by atoms with Crippen molar-refractivity contribution in [2.45, 2.75) is 25.7 Å². The van der Waals surface area contributed by atoms with Crippen LogP contribution >= 0.6 is 0 Å². The zero-order chi connectivity index (χ0) is 22.2. The van der Waals surface area contributed by atoms with Gasteiger partial charge in [0.2, 0.25) is 0 Å². The average Bonchev–Trinajstić information content (AvgIpc) is 2.80. The van der Waals surface area contributed by atoms with E-state index in [1.54, 1.807) is 12.1 Å². The maximum Gasteiger partial charge on any atom is 0.411 e. The van der Waals surface area contributed by atoms with Crippen LogP contribution in [0.4, 0.5) is 10.5 Å². The van der Waals surface area contributed by atoms with Crippen LogP contribution in [0.2, 0.25) is 0 Å². The molecule has 0 aromatic heterocycles. The summed E-state index contributed by atoms with van der Waals surface area (Å²) in [5.74, 6) is 0.336. The van der Waals surface area contributed by atoms with Crippen molar-refractivity contribution in [2.75, 3.05) is 38.7 Å². The highest BCUT2D eigenvalue weighted by Gasteiger charge is 2.25. The summed E-state index contributed by atoms with van der Waals surface area (Å²) in [5, 5.41) is 11.6. The molecule has 0 atom stereocenters. The predicted octanol–water partition coefficient (Wildman–Crippen LogP) is 4.08. The molecule has 1 fully saturated rings. The van der Waals surface area contributed by atoms with E-state index in [0.29, 0.717) is 42.4 Å². The van der Waals surface area contributed by atoms with Crippen LogP contribution < -0.4 is 5.32 Å². The standard InChI is InChI=1S/C24H27N3O4/c1-17-3-6-21(15-22(17)26-24(29)31-14-13-30-2)23(28)27-11-9-20(10-12-27)19-7-4-18(16-25)5-8-19/h3-8,15,20H,9-14H2,1-2H3,(H,26,29). The number of carbonyl (C=O) groups excluding carboxylic acids is 2. The van der Waals surface area contributed by atoms with Gasteiger partial charge in [0.25, 0.3) is 5.91 Å². The first-order valence-corrected chi connectivity index (χ1v) is 10.3. The zero-order valence-corrected chi connectivity index (χ0v) is 17.9. The summed E-state index contributed by atoms with van der Waals surface area (Å²) in [7, 11) is 1.54. The lowest BCUT2D eigenvalue weighted by molar-refractivity contribution is 0.0713. The summed E-state index contributed by atoms with van der Waals surface area (Å²) in [4.78, 5) is 26.8. The number of aryl methyl sites for hydroxylation is 1. The van der Waals surface area contributed by atoms with Crippen molar-refractivity contribution in [3.63, 3.8) is 0 Å². The summed E-state index contributed by atoms with van der Waals surface area (Å²) in [6, 6.07) is 15.1. The predicted molar refractivity (Wildman–Crippen MR) is 117 cm³/mol. The van der Waals surface area contributed by atoms with Crippen LogP contribution in [0.1, 0.15) is 45.8 Å². The molecule has 0 bridgehead atoms. The smallest absolute Gasteiger partial charge is 0.411 e. The molecule has 1 aliphatic heterocycles. The third-order valence-electron chi connectivity index (χ3n) is 5.54. The maximum absolute atomic E-state index is 13.0. The van der Waals surface area contributed by atoms with Gasteiger partial charge in [-0.25, -0.2) is 4.79 Å². The van der Waals surface area contributed by atoms with Gasteiger partial charge >= 0.3 is 6.09 Å². The van der Waals surface area contributed by atoms with Crippen molar-refractivity contribution in [2.24, 2.45) is 0 Å². The lowest BCUT2D eigenvalue weighted by Crippen LogP contribution is -2.38. The van der Waals surface area contributed by atoms with Crippen LogP contribution in [0, 0.1) is 18.3 Å². The monoisotopic (exact) mass is 421 g/mol. The highest BCUT2D eigenvalue weighted by molar-refractivity contribution is 5.96. The molecule has 1 saturated heterocycles. The SMILES string of the molecule is COCCOC(=O)Nc1cc(C(=O)N2CCC(c3ccc(C#N)cc3)CC2)ccc1C. The van der Waals surface area contributed by atoms with Crippen molar-refractivity contribution >= 4 is 17.7 Å². The molecule has 1 N–H and O–H groups in total. The third-order valence-corrected chi connectivity index (χ3v) is 5.54. The van der Waals surface area contributed by atoms with Crippen LogP contribution in [0.25, 0.3) is 0 Å². The van der Waals surface area contributed by atoms with Crippen LogP contribution in [0.3, 0.4) is 0 Å². The fraction of sp³-hybridized carbons (Fsp3) is 0.375. The number of hydrogen-bond donors (Lipinski definition) is 1. The summed E-state index contributed by atoms with van der Waals surface area (Å²) in [5.41, 5.74) is 3.80. The normalized spacial score (nSPS) is 14.0. The first kappa shape index (κ1) is 22.3. The van der Waals surface area contributed by atoms with Gasteiger partial charge in [-0.2, -0.15) is 5.26 Å². The van der Waals surface area contributed by atoms with Gasteiger partial charge in [0.05, 0.1) is 18.2 Å². The van der Waals surface area contributed by atoms with Crippen LogP contribution in [-0.2, 0) is 9.47 Å². The maximum atomic E-state index is 13.0. The Hall–Kier alpha value is -3.37. The number of amides is 2. The molecule has 3 rings (SSSR count). The van der Waals surface area contributed by atoms with Gasteiger partial charge in [-0.1, -0.05) is 18.2 Å². The molecule has 1 heterocycles. The number of rotatable bonds is 6. The second kappa shape index (κ2) is 10.6. The number of nitrogens with one attached hydrogen (secondary N) is 1. The second-order valence-electron chi connectivity index (χ2n) is 7.58. The lowest BCUT2D eigenvalue weighted by atomic mass is 9.89. The Kier molecular flexibility index (Phi) is 7.63. The van der Waals surface area contributed by atoms with Gasteiger partial charge in [-0.15, -0.1) is 0 Å². The number of likely N-dealkylation sites (tertiary alicyclic amines) is 1. The topological polar surface area (TPSA) is 91.7 Å². The summed E-state index contributed by atoms with van der Waals surface area (Å²) >= 11 is 0. The fourth-order valence-electron chi connectivity index (χ4n) is 3.68. The van der Waals surface area contributed by atoms with Gasteiger partial charge in [0, 0.05) is 31.5 Å². The minimum atomic E-state index is -0.576. The molecule has 2 amide bonds. The molecule has 1 aliphatic rings. The molecule has 2 aromatic carbocycles. The molecular weight excluding hydrogens is 394 g/mol. The van der Waals surface area contributed by atoms with E-state index >= 15 is 0 Å². The number of piperidine rings is 1. The molecule has 0 spiro atoms. The molecule has 7 heteroatoms. The first-order chi connectivity index (χ1) is 15.0. The fourth-order valence-corrected chi connectivity index (χ4v) is 3.68. The van der Waals surface area contributed by atoms with Gasteiger partial charge in [-0.3, -0.25) is 10.1 Å². The van der Waals surface area contributed by atoms with Gasteiger partial charge in [-0.05, 0) is 61.1 Å². The third kappa shape index (κ3) is 5.83. The molecule has 0 saturated carbocycles. The first-order valence-electron chi connectivity index (χ1n) is 10.3. The van der Waals surface area contributed by atoms with E-state index < -0.39 is 6.09 Å². The van der Waals surface area contributed by atoms with Gasteiger partial charge in [0.1, 0.15) is 6.61 Å². The molecule has 0 unspecified atom stereocenters. The van der Waals surface area contributed by atoms with Crippen molar-refractivity contribution < 1.29 is 19.1 Å². The van der Waals surface area contributed by atoms with Crippen LogP contribution in [-0.4, -0.2) is 50.3 Å². The Balaban J connectivity index is 1.60. The molecule has 162 valence electrons. The molecule has 2 aromatic rings. The number of anilines is 1. The summed E-state index contributed by atoms with van der Waals surface area (Å²) < 4.78 is 9.90. The van der Waals surface area contributed by atoms with E-state index in [-0.39, 0.29) is 12.5 Å². The Morgan fingerprint density at radius 2 is 1.84 bits per heavy atom. The number of benzene rings is 2. The lowest BCUT2D eigenvalue weighted by Gasteiger charge is -2.32. The Bertz CT molecular complexity index is 958. The summed E-state index contributed by atoms with van der Waals surface area (Å²) in [6.45, 7) is 3.68. The zero-order valence-electron chi connectivity index (χ0n) is 17.9. The minimum Gasteiger partial charge on any atom is -0.447 e. The largest absolute Gasteiger partial charge is 0.447 e. The molecule has 7 nitrogen and oxygen atoms in total. The second-order valence-corrected chi connectivity index (χ2v) is 7.58. The van der Waals surface area contributed by atoms with Crippen LogP contribution in [0.5, 0.6) is 0 Å². The number of methoxy groups -OCH3 is 1.